The molecule has 18 heavy (non-hydrogen) atoms. The van der Waals surface area contributed by atoms with E-state index in [1.54, 1.807) is 25.3 Å². The number of aromatic nitrogens is 1. The van der Waals surface area contributed by atoms with E-state index in [-0.39, 0.29) is 0 Å². The van der Waals surface area contributed by atoms with Gasteiger partial charge in [0.15, 0.2) is 0 Å². The van der Waals surface area contributed by atoms with Gasteiger partial charge in [-0.1, -0.05) is 19.1 Å². The van der Waals surface area contributed by atoms with Crippen LogP contribution in [0.15, 0.2) is 42.6 Å². The lowest BCUT2D eigenvalue weighted by Gasteiger charge is -2.08. The zero-order chi connectivity index (χ0) is 13.0. The van der Waals surface area contributed by atoms with Gasteiger partial charge in [-0.15, -0.1) is 0 Å². The van der Waals surface area contributed by atoms with Crippen LogP contribution in [0.2, 0.25) is 0 Å². The fourth-order valence-electron chi connectivity index (χ4n) is 1.65. The summed E-state index contributed by atoms with van der Waals surface area (Å²) in [6.07, 6.45) is 2.13. The number of nitrogens with zero attached hydrogens (tertiary/aromatic N) is 1. The van der Waals surface area contributed by atoms with Gasteiger partial charge in [0.2, 0.25) is 5.88 Å². The number of benzene rings is 1. The minimum atomic E-state index is -0.516. The molecule has 0 bridgehead atoms. The van der Waals surface area contributed by atoms with E-state index in [9.17, 15) is 5.11 Å². The number of ether oxygens (including phenoxy) is 1. The van der Waals surface area contributed by atoms with Crippen molar-refractivity contribution in [1.29, 1.82) is 0 Å². The standard InChI is InChI=1S/C15H17NO2/c1-3-12-4-6-14(7-5-12)18-15-10-13(11(2)17)8-9-16-15/h4-11,17H,3H2,1-2H3. The quantitative estimate of drug-likeness (QED) is 0.893. The van der Waals surface area contributed by atoms with Crippen molar-refractivity contribution in [2.75, 3.05) is 0 Å². The molecule has 2 rings (SSSR count). The van der Waals surface area contributed by atoms with Gasteiger partial charge >= 0.3 is 0 Å². The maximum atomic E-state index is 9.50. The normalized spacial score (nSPS) is 12.2. The van der Waals surface area contributed by atoms with Gasteiger partial charge in [-0.2, -0.15) is 0 Å². The molecule has 0 fully saturated rings. The van der Waals surface area contributed by atoms with Crippen molar-refractivity contribution in [1.82, 2.24) is 4.98 Å². The lowest BCUT2D eigenvalue weighted by Crippen LogP contribution is -1.94. The Morgan fingerprint density at radius 2 is 1.94 bits per heavy atom. The van der Waals surface area contributed by atoms with Gasteiger partial charge in [0.05, 0.1) is 6.10 Å². The molecule has 0 saturated heterocycles. The monoisotopic (exact) mass is 243 g/mol. The zero-order valence-corrected chi connectivity index (χ0v) is 10.6. The van der Waals surface area contributed by atoms with Crippen LogP contribution in [-0.2, 0) is 6.42 Å². The van der Waals surface area contributed by atoms with Gasteiger partial charge in [-0.3, -0.25) is 0 Å². The molecule has 0 amide bonds. The van der Waals surface area contributed by atoms with Crippen molar-refractivity contribution in [3.63, 3.8) is 0 Å². The summed E-state index contributed by atoms with van der Waals surface area (Å²) in [6.45, 7) is 3.83. The van der Waals surface area contributed by atoms with Crippen molar-refractivity contribution >= 4 is 0 Å². The van der Waals surface area contributed by atoms with Crippen molar-refractivity contribution in [3.8, 4) is 11.6 Å². The summed E-state index contributed by atoms with van der Waals surface area (Å²) < 4.78 is 5.65. The number of pyridine rings is 1. The smallest absolute Gasteiger partial charge is 0.219 e. The van der Waals surface area contributed by atoms with E-state index in [4.69, 9.17) is 4.74 Å². The maximum absolute atomic E-state index is 9.50. The molecular formula is C15H17NO2. The second-order valence-corrected chi connectivity index (χ2v) is 4.20. The van der Waals surface area contributed by atoms with Crippen LogP contribution in [0.5, 0.6) is 11.6 Å². The minimum Gasteiger partial charge on any atom is -0.439 e. The first-order chi connectivity index (χ1) is 8.69. The van der Waals surface area contributed by atoms with Crippen LogP contribution >= 0.6 is 0 Å². The minimum absolute atomic E-state index is 0.498. The van der Waals surface area contributed by atoms with E-state index >= 15 is 0 Å². The van der Waals surface area contributed by atoms with Crippen LogP contribution < -0.4 is 4.74 Å². The molecule has 94 valence electrons. The van der Waals surface area contributed by atoms with Gasteiger partial charge in [0.1, 0.15) is 5.75 Å². The molecule has 1 heterocycles. The van der Waals surface area contributed by atoms with E-state index in [1.807, 2.05) is 24.3 Å². The summed E-state index contributed by atoms with van der Waals surface area (Å²) in [5.41, 5.74) is 2.07. The summed E-state index contributed by atoms with van der Waals surface area (Å²) in [7, 11) is 0. The third-order valence-electron chi connectivity index (χ3n) is 2.80. The van der Waals surface area contributed by atoms with E-state index < -0.39 is 6.10 Å². The highest BCUT2D eigenvalue weighted by Gasteiger charge is 2.04. The second-order valence-electron chi connectivity index (χ2n) is 4.20. The molecule has 3 nitrogen and oxygen atoms in total. The Balaban J connectivity index is 2.15. The van der Waals surface area contributed by atoms with E-state index in [0.29, 0.717) is 5.88 Å². The third kappa shape index (κ3) is 3.08. The summed E-state index contributed by atoms with van der Waals surface area (Å²) in [4.78, 5) is 4.13. The van der Waals surface area contributed by atoms with E-state index in [2.05, 4.69) is 11.9 Å². The SMILES string of the molecule is CCc1ccc(Oc2cc(C(C)O)ccn2)cc1. The Bertz CT molecular complexity index is 506. The molecule has 0 aliphatic rings. The predicted molar refractivity (Wildman–Crippen MR) is 70.8 cm³/mol. The summed E-state index contributed by atoms with van der Waals surface area (Å²) in [5, 5.41) is 9.50. The van der Waals surface area contributed by atoms with Gasteiger partial charge in [0.25, 0.3) is 0 Å². The van der Waals surface area contributed by atoms with Crippen molar-refractivity contribution < 1.29 is 9.84 Å². The van der Waals surface area contributed by atoms with Crippen LogP contribution in [0.25, 0.3) is 0 Å². The first kappa shape index (κ1) is 12.6. The second kappa shape index (κ2) is 5.65. The summed E-state index contributed by atoms with van der Waals surface area (Å²) >= 11 is 0. The lowest BCUT2D eigenvalue weighted by atomic mass is 10.2. The Kier molecular flexibility index (Phi) is 3.95. The molecule has 0 aliphatic carbocycles. The van der Waals surface area contributed by atoms with Gasteiger partial charge in [0, 0.05) is 12.3 Å². The Morgan fingerprint density at radius 1 is 1.22 bits per heavy atom. The summed E-state index contributed by atoms with van der Waals surface area (Å²) in [6, 6.07) is 11.4. The topological polar surface area (TPSA) is 42.4 Å². The molecule has 0 aliphatic heterocycles. The number of hydrogen-bond donors (Lipinski definition) is 1. The number of aliphatic hydroxyl groups excluding tert-OH is 1. The molecule has 2 aromatic rings. The van der Waals surface area contributed by atoms with Crippen molar-refractivity contribution in [3.05, 3.63) is 53.7 Å². The van der Waals surface area contributed by atoms with E-state index in [1.165, 1.54) is 5.56 Å². The Labute approximate surface area is 107 Å². The molecule has 1 aromatic heterocycles. The molecular weight excluding hydrogens is 226 g/mol. The predicted octanol–water partition coefficient (Wildman–Crippen LogP) is 3.49. The largest absolute Gasteiger partial charge is 0.439 e. The van der Waals surface area contributed by atoms with Crippen LogP contribution in [-0.4, -0.2) is 10.1 Å². The van der Waals surface area contributed by atoms with E-state index in [0.717, 1.165) is 17.7 Å². The van der Waals surface area contributed by atoms with Crippen LogP contribution in [0, 0.1) is 0 Å². The van der Waals surface area contributed by atoms with Crippen molar-refractivity contribution in [2.45, 2.75) is 26.4 Å². The summed E-state index contributed by atoms with van der Waals surface area (Å²) in [5.74, 6) is 1.25. The highest BCUT2D eigenvalue weighted by atomic mass is 16.5. The molecule has 3 heteroatoms. The lowest BCUT2D eigenvalue weighted by molar-refractivity contribution is 0.198. The van der Waals surface area contributed by atoms with Crippen LogP contribution in [0.4, 0.5) is 0 Å². The number of hydrogen-bond acceptors (Lipinski definition) is 3. The fraction of sp³-hybridized carbons (Fsp3) is 0.267. The first-order valence-corrected chi connectivity index (χ1v) is 6.10. The molecule has 1 unspecified atom stereocenters. The maximum Gasteiger partial charge on any atom is 0.219 e. The number of aliphatic hydroxyl groups is 1. The average Bonchev–Trinajstić information content (AvgIpc) is 2.40. The highest BCUT2D eigenvalue weighted by molar-refractivity contribution is 5.31. The fourth-order valence-corrected chi connectivity index (χ4v) is 1.65. The zero-order valence-electron chi connectivity index (χ0n) is 10.6. The Hall–Kier alpha value is -1.87. The first-order valence-electron chi connectivity index (χ1n) is 6.10. The van der Waals surface area contributed by atoms with Gasteiger partial charge in [-0.25, -0.2) is 4.98 Å². The van der Waals surface area contributed by atoms with Gasteiger partial charge < -0.3 is 9.84 Å². The molecule has 0 radical (unpaired) electrons. The van der Waals surface area contributed by atoms with Crippen LogP contribution in [0.1, 0.15) is 31.1 Å². The molecule has 1 atom stereocenters. The van der Waals surface area contributed by atoms with Gasteiger partial charge in [-0.05, 0) is 42.7 Å². The highest BCUT2D eigenvalue weighted by Crippen LogP contribution is 2.22. The van der Waals surface area contributed by atoms with Crippen molar-refractivity contribution in [2.24, 2.45) is 0 Å². The molecule has 1 N–H and O–H groups in total. The third-order valence-corrected chi connectivity index (χ3v) is 2.80. The molecule has 1 aromatic carbocycles. The average molecular weight is 243 g/mol. The van der Waals surface area contributed by atoms with Crippen LogP contribution in [0.3, 0.4) is 0 Å². The molecule has 0 saturated carbocycles. The number of rotatable bonds is 4. The number of aryl methyl sites for hydroxylation is 1. The molecule has 0 spiro atoms. The Morgan fingerprint density at radius 3 is 2.56 bits per heavy atom.